The molecular formula is C17H14ClFN4O4S. The first-order valence-electron chi connectivity index (χ1n) is 7.89. The molecule has 11 heteroatoms. The molecule has 2 heterocycles. The quantitative estimate of drug-likeness (QED) is 0.619. The van der Waals surface area contributed by atoms with E-state index in [1.54, 1.807) is 0 Å². The second kappa shape index (κ2) is 7.74. The molecule has 28 heavy (non-hydrogen) atoms. The molecule has 0 amide bonds. The maximum absolute atomic E-state index is 13.5. The van der Waals surface area contributed by atoms with Gasteiger partial charge in [-0.25, -0.2) is 27.5 Å². The van der Waals surface area contributed by atoms with Crippen LogP contribution in [0.4, 0.5) is 4.39 Å². The first-order valence-corrected chi connectivity index (χ1v) is 10.2. The number of aliphatic hydroxyl groups excluding tert-OH is 1. The third kappa shape index (κ3) is 4.41. The molecule has 8 nitrogen and oxygen atoms in total. The van der Waals surface area contributed by atoms with Gasteiger partial charge in [-0.15, -0.1) is 0 Å². The van der Waals surface area contributed by atoms with Crippen molar-refractivity contribution in [2.24, 2.45) is 0 Å². The summed E-state index contributed by atoms with van der Waals surface area (Å²) in [6.07, 6.45) is 2.37. The third-order valence-electron chi connectivity index (χ3n) is 3.80. The average molecular weight is 425 g/mol. The summed E-state index contributed by atoms with van der Waals surface area (Å²) >= 11 is 5.61. The van der Waals surface area contributed by atoms with Gasteiger partial charge in [0.05, 0.1) is 29.6 Å². The fraction of sp³-hybridized carbons (Fsp3) is 0.176. The molecule has 3 rings (SSSR count). The Morgan fingerprint density at radius 3 is 2.68 bits per heavy atom. The number of nitrogens with zero attached hydrogens (tertiary/aromatic N) is 4. The molecule has 1 N–H and O–H groups in total. The van der Waals surface area contributed by atoms with Crippen molar-refractivity contribution in [1.82, 2.24) is 19.7 Å². The van der Waals surface area contributed by atoms with Gasteiger partial charge in [0.1, 0.15) is 5.82 Å². The summed E-state index contributed by atoms with van der Waals surface area (Å²) in [6, 6.07) is 6.49. The largest absolute Gasteiger partial charge is 0.386 e. The Morgan fingerprint density at radius 2 is 2.04 bits per heavy atom. The Bertz CT molecular complexity index is 1200. The van der Waals surface area contributed by atoms with Gasteiger partial charge in [0, 0.05) is 24.1 Å². The minimum atomic E-state index is -3.60. The van der Waals surface area contributed by atoms with E-state index in [1.165, 1.54) is 36.7 Å². The number of benzene rings is 1. The van der Waals surface area contributed by atoms with Gasteiger partial charge in [0.15, 0.2) is 0 Å². The molecule has 0 saturated heterocycles. The van der Waals surface area contributed by atoms with E-state index in [0.29, 0.717) is 5.56 Å². The summed E-state index contributed by atoms with van der Waals surface area (Å²) in [5.41, 5.74) is 0.201. The molecule has 1 aromatic carbocycles. The van der Waals surface area contributed by atoms with Crippen molar-refractivity contribution in [1.29, 1.82) is 0 Å². The Labute approximate surface area is 164 Å². The molecule has 0 aliphatic heterocycles. The number of hydrogen-bond donors (Lipinski definition) is 1. The minimum Gasteiger partial charge on any atom is -0.386 e. The molecule has 0 aliphatic carbocycles. The standard InChI is InChI=1S/C17H14ClFN4O4S/c1-28(26,27)17-20-5-4-14(22-17)11-7-16(25)23(21-8-11)9-15(24)10-2-3-12(18)13(19)6-10/h2-8,15,24H,9H2,1H3/t15-/m0/s1. The highest BCUT2D eigenvalue weighted by Crippen LogP contribution is 2.21. The topological polar surface area (TPSA) is 115 Å². The molecule has 3 aromatic rings. The predicted molar refractivity (Wildman–Crippen MR) is 99.0 cm³/mol. The molecule has 2 aromatic heterocycles. The van der Waals surface area contributed by atoms with Crippen LogP contribution in [0.15, 0.2) is 52.7 Å². The summed E-state index contributed by atoms with van der Waals surface area (Å²) in [5, 5.41) is 13.8. The van der Waals surface area contributed by atoms with Crippen molar-refractivity contribution >= 4 is 21.4 Å². The highest BCUT2D eigenvalue weighted by Gasteiger charge is 2.15. The van der Waals surface area contributed by atoms with Crippen LogP contribution in [0.3, 0.4) is 0 Å². The number of aromatic nitrogens is 4. The van der Waals surface area contributed by atoms with E-state index < -0.39 is 27.3 Å². The van der Waals surface area contributed by atoms with Crippen molar-refractivity contribution in [2.75, 3.05) is 6.26 Å². The Balaban J connectivity index is 1.87. The first-order chi connectivity index (χ1) is 13.1. The van der Waals surface area contributed by atoms with Crippen molar-refractivity contribution in [3.8, 4) is 11.3 Å². The highest BCUT2D eigenvalue weighted by atomic mass is 35.5. The summed E-state index contributed by atoms with van der Waals surface area (Å²) in [7, 11) is -3.60. The van der Waals surface area contributed by atoms with E-state index in [-0.39, 0.29) is 28.0 Å². The summed E-state index contributed by atoms with van der Waals surface area (Å²) in [5.74, 6) is -0.681. The van der Waals surface area contributed by atoms with Crippen molar-refractivity contribution in [3.05, 3.63) is 69.5 Å². The van der Waals surface area contributed by atoms with Gasteiger partial charge >= 0.3 is 0 Å². The smallest absolute Gasteiger partial charge is 0.267 e. The molecular weight excluding hydrogens is 411 g/mol. The van der Waals surface area contributed by atoms with Crippen LogP contribution in [0.2, 0.25) is 5.02 Å². The van der Waals surface area contributed by atoms with Gasteiger partial charge < -0.3 is 5.11 Å². The van der Waals surface area contributed by atoms with Gasteiger partial charge in [0.25, 0.3) is 5.56 Å². The monoisotopic (exact) mass is 424 g/mol. The van der Waals surface area contributed by atoms with Crippen molar-refractivity contribution < 1.29 is 17.9 Å². The zero-order valence-corrected chi connectivity index (χ0v) is 16.0. The van der Waals surface area contributed by atoms with Crippen LogP contribution in [-0.4, -0.2) is 39.5 Å². The van der Waals surface area contributed by atoms with E-state index in [4.69, 9.17) is 11.6 Å². The fourth-order valence-electron chi connectivity index (χ4n) is 2.38. The van der Waals surface area contributed by atoms with Crippen molar-refractivity contribution in [2.45, 2.75) is 17.8 Å². The summed E-state index contributed by atoms with van der Waals surface area (Å²) in [6.45, 7) is -0.210. The lowest BCUT2D eigenvalue weighted by atomic mass is 10.1. The SMILES string of the molecule is CS(=O)(=O)c1nccc(-c2cnn(C[C@H](O)c3ccc(Cl)c(F)c3)c(=O)c2)n1. The first kappa shape index (κ1) is 20.1. The van der Waals surface area contributed by atoms with Crippen molar-refractivity contribution in [3.63, 3.8) is 0 Å². The predicted octanol–water partition coefficient (Wildman–Crippen LogP) is 1.63. The van der Waals surface area contributed by atoms with E-state index in [0.717, 1.165) is 17.0 Å². The molecule has 146 valence electrons. The van der Waals surface area contributed by atoms with E-state index in [9.17, 15) is 22.7 Å². The van der Waals surface area contributed by atoms with Crippen LogP contribution < -0.4 is 5.56 Å². The number of rotatable bonds is 5. The number of halogens is 2. The molecule has 0 unspecified atom stereocenters. The number of hydrogen-bond acceptors (Lipinski definition) is 7. The lowest BCUT2D eigenvalue weighted by Gasteiger charge is -2.13. The molecule has 0 bridgehead atoms. The van der Waals surface area contributed by atoms with Gasteiger partial charge in [-0.3, -0.25) is 4.79 Å². The third-order valence-corrected chi connectivity index (χ3v) is 4.97. The fourth-order valence-corrected chi connectivity index (χ4v) is 3.01. The van der Waals surface area contributed by atoms with Crippen LogP contribution in [0.1, 0.15) is 11.7 Å². The zero-order chi connectivity index (χ0) is 20.5. The number of sulfone groups is 1. The van der Waals surface area contributed by atoms with E-state index in [1.807, 2.05) is 0 Å². The van der Waals surface area contributed by atoms with Gasteiger partial charge in [-0.05, 0) is 23.8 Å². The van der Waals surface area contributed by atoms with Crippen LogP contribution in [0.5, 0.6) is 0 Å². The normalized spacial score (nSPS) is 12.7. The average Bonchev–Trinajstić information content (AvgIpc) is 2.65. The van der Waals surface area contributed by atoms with Crippen LogP contribution in [0.25, 0.3) is 11.3 Å². The minimum absolute atomic E-state index is 0.0751. The Morgan fingerprint density at radius 1 is 1.29 bits per heavy atom. The lowest BCUT2D eigenvalue weighted by molar-refractivity contribution is 0.149. The molecule has 0 radical (unpaired) electrons. The van der Waals surface area contributed by atoms with Gasteiger partial charge in [0.2, 0.25) is 15.0 Å². The number of aliphatic hydroxyl groups is 1. The zero-order valence-electron chi connectivity index (χ0n) is 14.5. The Kier molecular flexibility index (Phi) is 5.54. The maximum Gasteiger partial charge on any atom is 0.267 e. The molecule has 1 atom stereocenters. The summed E-state index contributed by atoms with van der Waals surface area (Å²) < 4.78 is 37.7. The second-order valence-electron chi connectivity index (χ2n) is 5.95. The molecule has 0 saturated carbocycles. The van der Waals surface area contributed by atoms with Crippen LogP contribution in [0, 0.1) is 5.82 Å². The molecule has 0 fully saturated rings. The highest BCUT2D eigenvalue weighted by molar-refractivity contribution is 7.90. The van der Waals surface area contributed by atoms with Gasteiger partial charge in [-0.2, -0.15) is 5.10 Å². The Hall–Kier alpha value is -2.69. The van der Waals surface area contributed by atoms with E-state index in [2.05, 4.69) is 15.1 Å². The second-order valence-corrected chi connectivity index (χ2v) is 8.27. The maximum atomic E-state index is 13.5. The van der Waals surface area contributed by atoms with Crippen LogP contribution in [-0.2, 0) is 16.4 Å². The summed E-state index contributed by atoms with van der Waals surface area (Å²) in [4.78, 5) is 19.9. The molecule has 0 spiro atoms. The molecule has 0 aliphatic rings. The van der Waals surface area contributed by atoms with Crippen LogP contribution >= 0.6 is 11.6 Å². The van der Waals surface area contributed by atoms with Gasteiger partial charge in [-0.1, -0.05) is 17.7 Å². The lowest BCUT2D eigenvalue weighted by Crippen LogP contribution is -2.25. The van der Waals surface area contributed by atoms with E-state index >= 15 is 0 Å².